The van der Waals surface area contributed by atoms with Crippen molar-refractivity contribution in [1.29, 1.82) is 0 Å². The molecule has 0 spiro atoms. The molecule has 14 heavy (non-hydrogen) atoms. The van der Waals surface area contributed by atoms with E-state index in [-0.39, 0.29) is 0 Å². The van der Waals surface area contributed by atoms with Crippen molar-refractivity contribution in [1.82, 2.24) is 5.32 Å². The number of rotatable bonds is 8. The van der Waals surface area contributed by atoms with Crippen molar-refractivity contribution in [3.63, 3.8) is 0 Å². The molecule has 2 N–H and O–H groups in total. The Morgan fingerprint density at radius 3 is 2.64 bits per heavy atom. The molecule has 0 bridgehead atoms. The Morgan fingerprint density at radius 1 is 1.50 bits per heavy atom. The number of aliphatic hydroxyl groups is 1. The Labute approximate surface area is 92.9 Å². The van der Waals surface area contributed by atoms with Crippen molar-refractivity contribution in [2.75, 3.05) is 25.1 Å². The van der Waals surface area contributed by atoms with Crippen LogP contribution in [0, 0.1) is 5.92 Å². The molecule has 0 fully saturated rings. The molecule has 0 aliphatic heterocycles. The Morgan fingerprint density at radius 2 is 2.14 bits per heavy atom. The lowest BCUT2D eigenvalue weighted by molar-refractivity contribution is 0.0839. The van der Waals surface area contributed by atoms with E-state index in [9.17, 15) is 5.11 Å². The summed E-state index contributed by atoms with van der Waals surface area (Å²) in [6, 6.07) is 0. The SMILES string of the molecule is CCCC(C)CNCC(C)(O)CSC. The second-order valence-electron chi connectivity index (χ2n) is 4.45. The molecule has 0 heterocycles. The predicted molar refractivity (Wildman–Crippen MR) is 65.9 cm³/mol. The van der Waals surface area contributed by atoms with Crippen LogP contribution in [-0.2, 0) is 0 Å². The highest BCUT2D eigenvalue weighted by atomic mass is 32.2. The van der Waals surface area contributed by atoms with Crippen LogP contribution in [0.5, 0.6) is 0 Å². The van der Waals surface area contributed by atoms with E-state index < -0.39 is 5.60 Å². The lowest BCUT2D eigenvalue weighted by atomic mass is 10.1. The molecule has 3 heteroatoms. The second-order valence-corrected chi connectivity index (χ2v) is 5.32. The molecule has 0 aromatic carbocycles. The molecular weight excluding hydrogens is 194 g/mol. The van der Waals surface area contributed by atoms with Gasteiger partial charge in [0, 0.05) is 12.3 Å². The summed E-state index contributed by atoms with van der Waals surface area (Å²) in [5.41, 5.74) is -0.564. The van der Waals surface area contributed by atoms with Crippen LogP contribution in [0.2, 0.25) is 0 Å². The van der Waals surface area contributed by atoms with Crippen LogP contribution in [0.3, 0.4) is 0 Å². The van der Waals surface area contributed by atoms with Gasteiger partial charge in [-0.3, -0.25) is 0 Å². The van der Waals surface area contributed by atoms with Gasteiger partial charge in [0.05, 0.1) is 5.60 Å². The third-order valence-corrected chi connectivity index (χ3v) is 3.15. The molecule has 0 aromatic rings. The minimum Gasteiger partial charge on any atom is -0.388 e. The number of hydrogen-bond donors (Lipinski definition) is 2. The van der Waals surface area contributed by atoms with E-state index >= 15 is 0 Å². The Balaban J connectivity index is 3.51. The second kappa shape index (κ2) is 7.55. The first-order valence-electron chi connectivity index (χ1n) is 5.44. The van der Waals surface area contributed by atoms with Crippen LogP contribution >= 0.6 is 11.8 Å². The zero-order valence-electron chi connectivity index (χ0n) is 9.97. The van der Waals surface area contributed by atoms with Crippen molar-refractivity contribution >= 4 is 11.8 Å². The molecule has 0 radical (unpaired) electrons. The molecular formula is C11H25NOS. The molecule has 2 unspecified atom stereocenters. The topological polar surface area (TPSA) is 32.3 Å². The molecule has 0 rings (SSSR count). The first kappa shape index (κ1) is 14.3. The van der Waals surface area contributed by atoms with E-state index in [0.29, 0.717) is 12.5 Å². The summed E-state index contributed by atoms with van der Waals surface area (Å²) in [6.45, 7) is 8.06. The highest BCUT2D eigenvalue weighted by Crippen LogP contribution is 2.09. The van der Waals surface area contributed by atoms with Gasteiger partial charge in [0.1, 0.15) is 0 Å². The molecule has 0 aromatic heterocycles. The number of thioether (sulfide) groups is 1. The summed E-state index contributed by atoms with van der Waals surface area (Å²) in [5.74, 6) is 1.51. The van der Waals surface area contributed by atoms with Gasteiger partial charge in [-0.1, -0.05) is 20.3 Å². The van der Waals surface area contributed by atoms with Gasteiger partial charge in [-0.05, 0) is 32.1 Å². The van der Waals surface area contributed by atoms with Crippen LogP contribution in [-0.4, -0.2) is 35.8 Å². The van der Waals surface area contributed by atoms with Gasteiger partial charge < -0.3 is 10.4 Å². The van der Waals surface area contributed by atoms with Crippen LogP contribution in [0.15, 0.2) is 0 Å². The predicted octanol–water partition coefficient (Wildman–Crippen LogP) is 2.13. The monoisotopic (exact) mass is 219 g/mol. The maximum atomic E-state index is 9.87. The maximum Gasteiger partial charge on any atom is 0.0833 e. The maximum absolute atomic E-state index is 9.87. The van der Waals surface area contributed by atoms with Crippen LogP contribution < -0.4 is 5.32 Å². The smallest absolute Gasteiger partial charge is 0.0833 e. The molecule has 0 aliphatic rings. The van der Waals surface area contributed by atoms with Crippen LogP contribution in [0.4, 0.5) is 0 Å². The van der Waals surface area contributed by atoms with Gasteiger partial charge >= 0.3 is 0 Å². The van der Waals surface area contributed by atoms with Crippen molar-refractivity contribution < 1.29 is 5.11 Å². The number of nitrogens with one attached hydrogen (secondary N) is 1. The quantitative estimate of drug-likeness (QED) is 0.656. The molecule has 0 saturated carbocycles. The van der Waals surface area contributed by atoms with Crippen LogP contribution in [0.25, 0.3) is 0 Å². The van der Waals surface area contributed by atoms with Crippen molar-refractivity contribution in [2.24, 2.45) is 5.92 Å². The first-order valence-corrected chi connectivity index (χ1v) is 6.83. The highest BCUT2D eigenvalue weighted by Gasteiger charge is 2.18. The molecule has 0 aliphatic carbocycles. The third kappa shape index (κ3) is 7.65. The van der Waals surface area contributed by atoms with Gasteiger partial charge in [-0.2, -0.15) is 11.8 Å². The van der Waals surface area contributed by atoms with Gasteiger partial charge in [0.15, 0.2) is 0 Å². The minimum absolute atomic E-state index is 0.564. The summed E-state index contributed by atoms with van der Waals surface area (Å²) in [6.07, 6.45) is 4.52. The average molecular weight is 219 g/mol. The lowest BCUT2D eigenvalue weighted by Gasteiger charge is -2.23. The summed E-state index contributed by atoms with van der Waals surface area (Å²) in [7, 11) is 0. The van der Waals surface area contributed by atoms with E-state index in [0.717, 1.165) is 12.3 Å². The molecule has 2 nitrogen and oxygen atoms in total. The summed E-state index contributed by atoms with van der Waals surface area (Å²) in [4.78, 5) is 0. The molecule has 0 saturated heterocycles. The van der Waals surface area contributed by atoms with Crippen molar-refractivity contribution in [3.8, 4) is 0 Å². The Kier molecular flexibility index (Phi) is 7.69. The highest BCUT2D eigenvalue weighted by molar-refractivity contribution is 7.98. The van der Waals surface area contributed by atoms with E-state index in [4.69, 9.17) is 0 Å². The van der Waals surface area contributed by atoms with E-state index in [1.54, 1.807) is 11.8 Å². The van der Waals surface area contributed by atoms with Gasteiger partial charge in [0.25, 0.3) is 0 Å². The standard InChI is InChI=1S/C11H25NOS/c1-5-6-10(2)7-12-8-11(3,13)9-14-4/h10,12-13H,5-9H2,1-4H3. The van der Waals surface area contributed by atoms with E-state index in [2.05, 4.69) is 19.2 Å². The Bertz CT molecular complexity index is 139. The average Bonchev–Trinajstić information content (AvgIpc) is 2.03. The van der Waals surface area contributed by atoms with Gasteiger partial charge in [-0.25, -0.2) is 0 Å². The summed E-state index contributed by atoms with van der Waals surface area (Å²) in [5, 5.41) is 13.2. The fraction of sp³-hybridized carbons (Fsp3) is 1.00. The van der Waals surface area contributed by atoms with Crippen LogP contribution in [0.1, 0.15) is 33.6 Å². The number of hydrogen-bond acceptors (Lipinski definition) is 3. The fourth-order valence-corrected chi connectivity index (χ4v) is 2.27. The van der Waals surface area contributed by atoms with Gasteiger partial charge in [-0.15, -0.1) is 0 Å². The van der Waals surface area contributed by atoms with E-state index in [1.807, 2.05) is 13.2 Å². The zero-order chi connectivity index (χ0) is 11.0. The normalized spacial score (nSPS) is 17.8. The first-order chi connectivity index (χ1) is 6.52. The van der Waals surface area contributed by atoms with Crippen molar-refractivity contribution in [3.05, 3.63) is 0 Å². The Hall–Kier alpha value is 0.270. The summed E-state index contributed by atoms with van der Waals surface area (Å²) < 4.78 is 0. The molecule has 86 valence electrons. The summed E-state index contributed by atoms with van der Waals surface area (Å²) >= 11 is 1.69. The van der Waals surface area contributed by atoms with Crippen molar-refractivity contribution in [2.45, 2.75) is 39.2 Å². The zero-order valence-corrected chi connectivity index (χ0v) is 10.8. The molecule has 0 amide bonds. The fourth-order valence-electron chi connectivity index (χ4n) is 1.54. The van der Waals surface area contributed by atoms with E-state index in [1.165, 1.54) is 12.8 Å². The molecule has 2 atom stereocenters. The largest absolute Gasteiger partial charge is 0.388 e. The minimum atomic E-state index is -0.564. The third-order valence-electron chi connectivity index (χ3n) is 2.24. The van der Waals surface area contributed by atoms with Gasteiger partial charge in [0.2, 0.25) is 0 Å². The lowest BCUT2D eigenvalue weighted by Crippen LogP contribution is -2.41.